The molecule has 9 heteroatoms. The highest BCUT2D eigenvalue weighted by molar-refractivity contribution is 7.88. The van der Waals surface area contributed by atoms with Gasteiger partial charge in [0.05, 0.1) is 12.4 Å². The van der Waals surface area contributed by atoms with Gasteiger partial charge in [0.2, 0.25) is 10.0 Å². The lowest BCUT2D eigenvalue weighted by Crippen LogP contribution is -2.51. The second kappa shape index (κ2) is 11.8. The Morgan fingerprint density at radius 3 is 1.93 bits per heavy atom. The van der Waals surface area contributed by atoms with E-state index in [2.05, 4.69) is 0 Å². The second-order valence-corrected chi connectivity index (χ2v) is 11.7. The van der Waals surface area contributed by atoms with Crippen LogP contribution in [0.15, 0.2) is 0 Å². The number of halogens is 1. The van der Waals surface area contributed by atoms with Gasteiger partial charge >= 0.3 is 5.97 Å². The first-order chi connectivity index (χ1) is 12.4. The van der Waals surface area contributed by atoms with Gasteiger partial charge < -0.3 is 15.2 Å². The fourth-order valence-electron chi connectivity index (χ4n) is 2.48. The molecular weight excluding hydrogens is 416 g/mol. The van der Waals surface area contributed by atoms with Gasteiger partial charge in [0.1, 0.15) is 18.8 Å². The Morgan fingerprint density at radius 2 is 1.59 bits per heavy atom. The molecular formula is C20H43ClN2O5S. The minimum Gasteiger partial charge on any atom is -0.462 e. The van der Waals surface area contributed by atoms with Crippen LogP contribution < -0.4 is 5.73 Å². The third-order valence-corrected chi connectivity index (χ3v) is 6.57. The number of rotatable bonds is 10. The van der Waals surface area contributed by atoms with Crippen LogP contribution in [0.2, 0.25) is 0 Å². The van der Waals surface area contributed by atoms with Crippen LogP contribution in [-0.2, 0) is 24.3 Å². The van der Waals surface area contributed by atoms with E-state index < -0.39 is 33.7 Å². The highest BCUT2D eigenvalue weighted by Gasteiger charge is 2.35. The SMILES string of the molecule is CC[C@H](C)C(N)C(=O)OC[C@H](CN(C(C)(C)C)S(C)(=O)=O)O[C@@H](C)C(C)(C)C.Cl. The van der Waals surface area contributed by atoms with E-state index in [1.54, 1.807) is 0 Å². The van der Waals surface area contributed by atoms with Gasteiger partial charge in [0.25, 0.3) is 0 Å². The Morgan fingerprint density at radius 1 is 1.10 bits per heavy atom. The lowest BCUT2D eigenvalue weighted by molar-refractivity contribution is -0.155. The molecule has 0 aromatic heterocycles. The Hall–Kier alpha value is -0.410. The van der Waals surface area contributed by atoms with Crippen molar-refractivity contribution >= 4 is 28.4 Å². The maximum atomic E-state index is 12.3. The van der Waals surface area contributed by atoms with E-state index in [1.165, 1.54) is 10.6 Å². The molecule has 0 aromatic rings. The van der Waals surface area contributed by atoms with Crippen molar-refractivity contribution in [2.24, 2.45) is 17.1 Å². The third-order valence-electron chi connectivity index (χ3n) is 5.07. The topological polar surface area (TPSA) is 98.9 Å². The highest BCUT2D eigenvalue weighted by Crippen LogP contribution is 2.25. The summed E-state index contributed by atoms with van der Waals surface area (Å²) in [5.41, 5.74) is 5.17. The van der Waals surface area contributed by atoms with Crippen molar-refractivity contribution in [2.75, 3.05) is 19.4 Å². The molecule has 7 nitrogen and oxygen atoms in total. The minimum atomic E-state index is -3.47. The van der Waals surface area contributed by atoms with Crippen molar-refractivity contribution in [1.29, 1.82) is 0 Å². The second-order valence-electron chi connectivity index (χ2n) is 9.77. The summed E-state index contributed by atoms with van der Waals surface area (Å²) in [4.78, 5) is 12.3. The first-order valence-corrected chi connectivity index (χ1v) is 11.8. The van der Waals surface area contributed by atoms with Gasteiger partial charge in [-0.05, 0) is 39.0 Å². The number of nitrogens with two attached hydrogens (primary N) is 1. The van der Waals surface area contributed by atoms with Gasteiger partial charge in [-0.25, -0.2) is 8.42 Å². The van der Waals surface area contributed by atoms with Crippen LogP contribution in [0.4, 0.5) is 0 Å². The van der Waals surface area contributed by atoms with Crippen molar-refractivity contribution in [3.8, 4) is 0 Å². The minimum absolute atomic E-state index is 0. The van der Waals surface area contributed by atoms with E-state index in [9.17, 15) is 13.2 Å². The molecule has 0 spiro atoms. The van der Waals surface area contributed by atoms with Crippen molar-refractivity contribution in [2.45, 2.75) is 92.5 Å². The van der Waals surface area contributed by atoms with Crippen LogP contribution in [0.1, 0.15) is 68.7 Å². The highest BCUT2D eigenvalue weighted by atomic mass is 35.5. The number of hydrogen-bond donors (Lipinski definition) is 1. The Kier molecular flexibility index (Phi) is 12.6. The molecule has 0 aromatic carbocycles. The molecule has 0 fully saturated rings. The molecule has 0 heterocycles. The monoisotopic (exact) mass is 458 g/mol. The van der Waals surface area contributed by atoms with Crippen LogP contribution in [0, 0.1) is 11.3 Å². The molecule has 0 amide bonds. The van der Waals surface area contributed by atoms with Crippen molar-refractivity contribution in [1.82, 2.24) is 4.31 Å². The van der Waals surface area contributed by atoms with Crippen molar-refractivity contribution in [3.05, 3.63) is 0 Å². The Labute approximate surface area is 184 Å². The first-order valence-electron chi connectivity index (χ1n) is 9.96. The molecule has 0 radical (unpaired) electrons. The number of carbonyl (C=O) groups excluding carboxylic acids is 1. The van der Waals surface area contributed by atoms with Crippen LogP contribution >= 0.6 is 12.4 Å². The van der Waals surface area contributed by atoms with Crippen molar-refractivity contribution < 1.29 is 22.7 Å². The quantitative estimate of drug-likeness (QED) is 0.504. The summed E-state index contributed by atoms with van der Waals surface area (Å²) in [6.07, 6.45) is 1.17. The number of hydrogen-bond acceptors (Lipinski definition) is 6. The summed E-state index contributed by atoms with van der Waals surface area (Å²) in [6, 6.07) is -0.709. The number of ether oxygens (including phenoxy) is 2. The molecule has 0 aliphatic heterocycles. The van der Waals surface area contributed by atoms with Gasteiger partial charge in [-0.2, -0.15) is 4.31 Å². The summed E-state index contributed by atoms with van der Waals surface area (Å²) in [5, 5.41) is 0. The molecule has 0 aliphatic rings. The maximum absolute atomic E-state index is 12.3. The lowest BCUT2D eigenvalue weighted by atomic mass is 9.90. The van der Waals surface area contributed by atoms with E-state index in [4.69, 9.17) is 15.2 Å². The van der Waals surface area contributed by atoms with Gasteiger partial charge in [-0.1, -0.05) is 41.0 Å². The molecule has 0 saturated carbocycles. The summed E-state index contributed by atoms with van der Waals surface area (Å²) < 4.78 is 37.6. The third kappa shape index (κ3) is 11.0. The number of esters is 1. The van der Waals surface area contributed by atoms with Crippen molar-refractivity contribution in [3.63, 3.8) is 0 Å². The standard InChI is InChI=1S/C20H42N2O5S.ClH/c1-11-14(2)17(21)18(23)26-13-16(27-15(3)19(4,5)6)12-22(20(7,8)9)28(10,24)25;/h14-17H,11-13,21H2,1-10H3;1H/t14-,15-,16-,17?;/m0./s1. The number of nitrogens with zero attached hydrogens (tertiary/aromatic N) is 1. The molecule has 0 saturated heterocycles. The molecule has 0 aliphatic carbocycles. The smallest absolute Gasteiger partial charge is 0.323 e. The fourth-order valence-corrected chi connectivity index (χ4v) is 3.91. The van der Waals surface area contributed by atoms with E-state index in [1.807, 2.05) is 62.3 Å². The lowest BCUT2D eigenvalue weighted by Gasteiger charge is -2.38. The predicted octanol–water partition coefficient (Wildman–Crippen LogP) is 3.20. The van der Waals surface area contributed by atoms with Crippen LogP contribution in [-0.4, -0.2) is 61.9 Å². The fraction of sp³-hybridized carbons (Fsp3) is 0.950. The van der Waals surface area contributed by atoms with Crippen LogP contribution in [0.25, 0.3) is 0 Å². The van der Waals surface area contributed by atoms with Gasteiger partial charge in [-0.15, -0.1) is 12.4 Å². The molecule has 1 unspecified atom stereocenters. The zero-order chi connectivity index (χ0) is 22.5. The van der Waals surface area contributed by atoms with Crippen LogP contribution in [0.3, 0.4) is 0 Å². The van der Waals surface area contributed by atoms with E-state index in [-0.39, 0.29) is 43.0 Å². The average molecular weight is 459 g/mol. The average Bonchev–Trinajstić information content (AvgIpc) is 2.51. The largest absolute Gasteiger partial charge is 0.462 e. The first kappa shape index (κ1) is 30.8. The molecule has 0 bridgehead atoms. The normalized spacial score (nSPS) is 17.2. The number of sulfonamides is 1. The molecule has 176 valence electrons. The van der Waals surface area contributed by atoms with Crippen LogP contribution in [0.5, 0.6) is 0 Å². The van der Waals surface area contributed by atoms with Gasteiger partial charge in [-0.3, -0.25) is 4.79 Å². The molecule has 2 N–H and O–H groups in total. The van der Waals surface area contributed by atoms with Gasteiger partial charge in [0, 0.05) is 12.1 Å². The molecule has 4 atom stereocenters. The van der Waals surface area contributed by atoms with E-state index in [0.29, 0.717) is 0 Å². The predicted molar refractivity (Wildman–Crippen MR) is 121 cm³/mol. The Balaban J connectivity index is 0. The molecule has 29 heavy (non-hydrogen) atoms. The zero-order valence-corrected chi connectivity index (χ0v) is 21.4. The summed E-state index contributed by atoms with van der Waals surface area (Å²) in [5.74, 6) is -0.490. The Bertz CT molecular complexity index is 599. The summed E-state index contributed by atoms with van der Waals surface area (Å²) in [7, 11) is -3.47. The zero-order valence-electron chi connectivity index (χ0n) is 19.8. The molecule has 0 rings (SSSR count). The maximum Gasteiger partial charge on any atom is 0.323 e. The van der Waals surface area contributed by atoms with E-state index in [0.717, 1.165) is 6.42 Å². The number of carbonyl (C=O) groups is 1. The van der Waals surface area contributed by atoms with Gasteiger partial charge in [0.15, 0.2) is 0 Å². The van der Waals surface area contributed by atoms with E-state index >= 15 is 0 Å². The summed E-state index contributed by atoms with van der Waals surface area (Å²) in [6.45, 7) is 17.4. The summed E-state index contributed by atoms with van der Waals surface area (Å²) >= 11 is 0.